The number of ether oxygens (including phenoxy) is 1. The Labute approximate surface area is 167 Å². The number of benzene rings is 1. The lowest BCUT2D eigenvalue weighted by atomic mass is 10.1. The van der Waals surface area contributed by atoms with Crippen LogP contribution in [-0.2, 0) is 16.1 Å². The fourth-order valence-corrected chi connectivity index (χ4v) is 4.69. The lowest BCUT2D eigenvalue weighted by Gasteiger charge is -2.38. The number of nitrogens with zero attached hydrogens (tertiary/aromatic N) is 3. The molecule has 0 spiro atoms. The van der Waals surface area contributed by atoms with E-state index in [1.54, 1.807) is 0 Å². The summed E-state index contributed by atoms with van der Waals surface area (Å²) in [5, 5.41) is 0. The molecular formula is C22H31N3O3. The first-order valence-corrected chi connectivity index (χ1v) is 10.7. The van der Waals surface area contributed by atoms with E-state index < -0.39 is 0 Å². The topological polar surface area (TPSA) is 53.1 Å². The standard InChI is InChI=1S/C22H31N3O3/c26-21-10-5-11-24(21)14-15-28-20-9-4-1-6-18(20)16-23-12-13-25(22(27)17-23)19-7-2-3-8-19/h1,4,6,9,19H,2-3,5,7-8,10-17H2. The van der Waals surface area contributed by atoms with E-state index >= 15 is 0 Å². The Morgan fingerprint density at radius 3 is 2.54 bits per heavy atom. The summed E-state index contributed by atoms with van der Waals surface area (Å²) in [5.74, 6) is 1.36. The normalized spacial score (nSPS) is 21.7. The number of likely N-dealkylation sites (tertiary alicyclic amines) is 1. The molecule has 0 atom stereocenters. The lowest BCUT2D eigenvalue weighted by molar-refractivity contribution is -0.138. The number of rotatable bonds is 7. The van der Waals surface area contributed by atoms with Gasteiger partial charge in [0.25, 0.3) is 0 Å². The summed E-state index contributed by atoms with van der Waals surface area (Å²) < 4.78 is 6.00. The van der Waals surface area contributed by atoms with Gasteiger partial charge < -0.3 is 14.5 Å². The Morgan fingerprint density at radius 1 is 0.964 bits per heavy atom. The summed E-state index contributed by atoms with van der Waals surface area (Å²) in [5.41, 5.74) is 1.11. The maximum Gasteiger partial charge on any atom is 0.237 e. The van der Waals surface area contributed by atoms with Crippen LogP contribution >= 0.6 is 0 Å². The molecular weight excluding hydrogens is 354 g/mol. The van der Waals surface area contributed by atoms with E-state index in [4.69, 9.17) is 4.74 Å². The highest BCUT2D eigenvalue weighted by Gasteiger charge is 2.31. The quantitative estimate of drug-likeness (QED) is 0.723. The Hall–Kier alpha value is -2.08. The van der Waals surface area contributed by atoms with Crippen LogP contribution in [0.1, 0.15) is 44.1 Å². The zero-order valence-corrected chi connectivity index (χ0v) is 16.6. The van der Waals surface area contributed by atoms with Gasteiger partial charge in [-0.2, -0.15) is 0 Å². The van der Waals surface area contributed by atoms with Crippen molar-refractivity contribution in [1.29, 1.82) is 0 Å². The maximum absolute atomic E-state index is 12.6. The Morgan fingerprint density at radius 2 is 1.79 bits per heavy atom. The average molecular weight is 386 g/mol. The van der Waals surface area contributed by atoms with Gasteiger partial charge >= 0.3 is 0 Å². The molecule has 2 aliphatic heterocycles. The van der Waals surface area contributed by atoms with Crippen molar-refractivity contribution in [1.82, 2.24) is 14.7 Å². The zero-order chi connectivity index (χ0) is 19.3. The number of hydrogen-bond acceptors (Lipinski definition) is 4. The summed E-state index contributed by atoms with van der Waals surface area (Å²) in [4.78, 5) is 30.6. The molecule has 6 nitrogen and oxygen atoms in total. The second kappa shape index (κ2) is 8.95. The van der Waals surface area contributed by atoms with Crippen LogP contribution in [0.5, 0.6) is 5.75 Å². The summed E-state index contributed by atoms with van der Waals surface area (Å²) >= 11 is 0. The van der Waals surface area contributed by atoms with Crippen molar-refractivity contribution in [2.75, 3.05) is 39.3 Å². The molecule has 2 heterocycles. The Balaban J connectivity index is 1.30. The van der Waals surface area contributed by atoms with Gasteiger partial charge in [-0.25, -0.2) is 0 Å². The summed E-state index contributed by atoms with van der Waals surface area (Å²) in [7, 11) is 0. The molecule has 0 radical (unpaired) electrons. The van der Waals surface area contributed by atoms with Crippen LogP contribution in [0.4, 0.5) is 0 Å². The van der Waals surface area contributed by atoms with Gasteiger partial charge in [0.2, 0.25) is 11.8 Å². The van der Waals surface area contributed by atoms with E-state index in [-0.39, 0.29) is 11.8 Å². The highest BCUT2D eigenvalue weighted by molar-refractivity contribution is 5.79. The van der Waals surface area contributed by atoms with Crippen molar-refractivity contribution in [3.8, 4) is 5.75 Å². The molecule has 2 amide bonds. The van der Waals surface area contributed by atoms with Gasteiger partial charge in [0.05, 0.1) is 13.1 Å². The third-order valence-corrected chi connectivity index (χ3v) is 6.26. The molecule has 6 heteroatoms. The fourth-order valence-electron chi connectivity index (χ4n) is 4.69. The molecule has 0 unspecified atom stereocenters. The number of carbonyl (C=O) groups excluding carboxylic acids is 2. The average Bonchev–Trinajstić information content (AvgIpc) is 3.36. The molecule has 1 aromatic rings. The molecule has 0 bridgehead atoms. The maximum atomic E-state index is 12.6. The third kappa shape index (κ3) is 4.49. The second-order valence-corrected chi connectivity index (χ2v) is 8.18. The number of piperazine rings is 1. The van der Waals surface area contributed by atoms with E-state index in [0.29, 0.717) is 32.2 Å². The predicted octanol–water partition coefficient (Wildman–Crippen LogP) is 2.27. The van der Waals surface area contributed by atoms with Crippen LogP contribution < -0.4 is 4.74 Å². The van der Waals surface area contributed by atoms with Crippen LogP contribution in [0.3, 0.4) is 0 Å². The molecule has 1 aliphatic carbocycles. The molecule has 1 aromatic carbocycles. The minimum absolute atomic E-state index is 0.232. The number of para-hydroxylation sites is 1. The van der Waals surface area contributed by atoms with Crippen LogP contribution in [-0.4, -0.2) is 71.9 Å². The molecule has 4 rings (SSSR count). The van der Waals surface area contributed by atoms with E-state index in [1.165, 1.54) is 25.7 Å². The first kappa shape index (κ1) is 19.2. The largest absolute Gasteiger partial charge is 0.491 e. The second-order valence-electron chi connectivity index (χ2n) is 8.18. The highest BCUT2D eigenvalue weighted by atomic mass is 16.5. The van der Waals surface area contributed by atoms with E-state index in [2.05, 4.69) is 15.9 Å². The molecule has 3 aliphatic rings. The number of amides is 2. The minimum atomic E-state index is 0.232. The molecule has 28 heavy (non-hydrogen) atoms. The molecule has 152 valence electrons. The van der Waals surface area contributed by atoms with Crippen molar-refractivity contribution >= 4 is 11.8 Å². The van der Waals surface area contributed by atoms with Gasteiger partial charge in [0.15, 0.2) is 0 Å². The Bertz CT molecular complexity index is 702. The monoisotopic (exact) mass is 385 g/mol. The highest BCUT2D eigenvalue weighted by Crippen LogP contribution is 2.26. The van der Waals surface area contributed by atoms with Crippen LogP contribution in [0.2, 0.25) is 0 Å². The smallest absolute Gasteiger partial charge is 0.237 e. The van der Waals surface area contributed by atoms with Crippen molar-refractivity contribution in [3.63, 3.8) is 0 Å². The predicted molar refractivity (Wildman–Crippen MR) is 107 cm³/mol. The fraction of sp³-hybridized carbons (Fsp3) is 0.636. The lowest BCUT2D eigenvalue weighted by Crippen LogP contribution is -2.53. The SMILES string of the molecule is O=C1CCCN1CCOc1ccccc1CN1CCN(C2CCCC2)C(=O)C1. The van der Waals surface area contributed by atoms with Crippen molar-refractivity contribution in [3.05, 3.63) is 29.8 Å². The summed E-state index contributed by atoms with van der Waals surface area (Å²) in [6.45, 7) is 4.97. The van der Waals surface area contributed by atoms with Crippen molar-refractivity contribution < 1.29 is 14.3 Å². The number of carbonyl (C=O) groups is 2. The van der Waals surface area contributed by atoms with Gasteiger partial charge in [0, 0.05) is 44.2 Å². The van der Waals surface area contributed by atoms with E-state index in [0.717, 1.165) is 43.9 Å². The Kier molecular flexibility index (Phi) is 6.15. The molecule has 1 saturated carbocycles. The van der Waals surface area contributed by atoms with Crippen LogP contribution in [0.15, 0.2) is 24.3 Å². The van der Waals surface area contributed by atoms with Gasteiger partial charge in [-0.1, -0.05) is 31.0 Å². The number of hydrogen-bond donors (Lipinski definition) is 0. The van der Waals surface area contributed by atoms with Crippen molar-refractivity contribution in [2.45, 2.75) is 51.1 Å². The minimum Gasteiger partial charge on any atom is -0.491 e. The summed E-state index contributed by atoms with van der Waals surface area (Å²) in [6.07, 6.45) is 6.47. The molecule has 0 aromatic heterocycles. The van der Waals surface area contributed by atoms with Gasteiger partial charge in [-0.05, 0) is 25.3 Å². The van der Waals surface area contributed by atoms with Crippen molar-refractivity contribution in [2.24, 2.45) is 0 Å². The van der Waals surface area contributed by atoms with E-state index in [9.17, 15) is 9.59 Å². The van der Waals surface area contributed by atoms with Gasteiger partial charge in [-0.15, -0.1) is 0 Å². The van der Waals surface area contributed by atoms with E-state index in [1.807, 2.05) is 23.1 Å². The zero-order valence-electron chi connectivity index (χ0n) is 16.6. The summed E-state index contributed by atoms with van der Waals surface area (Å²) in [6, 6.07) is 8.52. The van der Waals surface area contributed by atoms with Gasteiger partial charge in [0.1, 0.15) is 12.4 Å². The first-order valence-electron chi connectivity index (χ1n) is 10.7. The van der Waals surface area contributed by atoms with Gasteiger partial charge in [-0.3, -0.25) is 14.5 Å². The van der Waals surface area contributed by atoms with Crippen LogP contribution in [0, 0.1) is 0 Å². The molecule has 0 N–H and O–H groups in total. The van der Waals surface area contributed by atoms with Crippen LogP contribution in [0.25, 0.3) is 0 Å². The molecule has 2 saturated heterocycles. The molecule has 3 fully saturated rings. The first-order chi connectivity index (χ1) is 13.7. The third-order valence-electron chi connectivity index (χ3n) is 6.26.